The van der Waals surface area contributed by atoms with Gasteiger partial charge in [-0.05, 0) is 12.1 Å². The highest BCUT2D eigenvalue weighted by Crippen LogP contribution is 2.15. The SMILES string of the molecule is N#Cc1ccc(N2CCOC(C(=O)O)C2)nc1. The molecule has 1 N–H and O–H groups in total. The number of ether oxygens (including phenoxy) is 1. The molecule has 0 bridgehead atoms. The number of hydrogen-bond donors (Lipinski definition) is 1. The van der Waals surface area contributed by atoms with Crippen LogP contribution in [0.25, 0.3) is 0 Å². The van der Waals surface area contributed by atoms with Crippen molar-refractivity contribution in [1.82, 2.24) is 4.98 Å². The van der Waals surface area contributed by atoms with Gasteiger partial charge in [-0.3, -0.25) is 0 Å². The molecular weight excluding hydrogens is 222 g/mol. The molecule has 1 fully saturated rings. The van der Waals surface area contributed by atoms with Crippen LogP contribution in [-0.2, 0) is 9.53 Å². The van der Waals surface area contributed by atoms with E-state index in [9.17, 15) is 4.79 Å². The van der Waals surface area contributed by atoms with Crippen molar-refractivity contribution in [2.45, 2.75) is 6.10 Å². The van der Waals surface area contributed by atoms with E-state index in [0.29, 0.717) is 24.5 Å². The maximum Gasteiger partial charge on any atom is 0.334 e. The molecule has 0 aliphatic carbocycles. The quantitative estimate of drug-likeness (QED) is 0.787. The second-order valence-electron chi connectivity index (χ2n) is 3.66. The highest BCUT2D eigenvalue weighted by Gasteiger charge is 2.26. The molecule has 2 heterocycles. The first-order valence-electron chi connectivity index (χ1n) is 5.16. The summed E-state index contributed by atoms with van der Waals surface area (Å²) in [6.45, 7) is 1.23. The number of hydrogen-bond acceptors (Lipinski definition) is 5. The number of carboxylic acid groups (broad SMARTS) is 1. The van der Waals surface area contributed by atoms with Gasteiger partial charge in [0.25, 0.3) is 0 Å². The summed E-state index contributed by atoms with van der Waals surface area (Å²) in [6, 6.07) is 5.36. The zero-order chi connectivity index (χ0) is 12.3. The molecule has 1 atom stereocenters. The Morgan fingerprint density at radius 1 is 1.65 bits per heavy atom. The van der Waals surface area contributed by atoms with Gasteiger partial charge in [0.15, 0.2) is 6.10 Å². The molecule has 6 nitrogen and oxygen atoms in total. The zero-order valence-electron chi connectivity index (χ0n) is 9.04. The summed E-state index contributed by atoms with van der Waals surface area (Å²) in [6.07, 6.45) is 0.654. The molecule has 1 aromatic rings. The summed E-state index contributed by atoms with van der Waals surface area (Å²) in [5.74, 6) is -0.304. The van der Waals surface area contributed by atoms with Gasteiger partial charge in [0.2, 0.25) is 0 Å². The van der Waals surface area contributed by atoms with Crippen molar-refractivity contribution in [2.75, 3.05) is 24.6 Å². The van der Waals surface area contributed by atoms with Gasteiger partial charge < -0.3 is 14.7 Å². The van der Waals surface area contributed by atoms with Gasteiger partial charge in [0.1, 0.15) is 11.9 Å². The number of nitriles is 1. The first-order valence-corrected chi connectivity index (χ1v) is 5.16. The number of nitrogens with zero attached hydrogens (tertiary/aromatic N) is 3. The minimum Gasteiger partial charge on any atom is -0.479 e. The van der Waals surface area contributed by atoms with E-state index in [-0.39, 0.29) is 6.54 Å². The number of carbonyl (C=O) groups is 1. The highest BCUT2D eigenvalue weighted by atomic mass is 16.5. The summed E-state index contributed by atoms with van der Waals surface area (Å²) in [4.78, 5) is 16.8. The molecule has 0 spiro atoms. The molecule has 1 aromatic heterocycles. The second-order valence-corrected chi connectivity index (χ2v) is 3.66. The van der Waals surface area contributed by atoms with Crippen LogP contribution in [0.4, 0.5) is 5.82 Å². The number of rotatable bonds is 2. The monoisotopic (exact) mass is 233 g/mol. The summed E-state index contributed by atoms with van der Waals surface area (Å²) in [5, 5.41) is 17.5. The molecule has 88 valence electrons. The van der Waals surface area contributed by atoms with E-state index in [2.05, 4.69) is 4.98 Å². The topological polar surface area (TPSA) is 86.5 Å². The number of anilines is 1. The fourth-order valence-electron chi connectivity index (χ4n) is 1.65. The van der Waals surface area contributed by atoms with Crippen LogP contribution < -0.4 is 4.90 Å². The Balaban J connectivity index is 2.11. The van der Waals surface area contributed by atoms with Gasteiger partial charge in [-0.2, -0.15) is 5.26 Å². The Labute approximate surface area is 98.1 Å². The third-order valence-corrected chi connectivity index (χ3v) is 2.54. The molecule has 1 unspecified atom stereocenters. The van der Waals surface area contributed by atoms with Crippen LogP contribution in [-0.4, -0.2) is 41.9 Å². The summed E-state index contributed by atoms with van der Waals surface area (Å²) >= 11 is 0. The number of carboxylic acids is 1. The first-order chi connectivity index (χ1) is 8.20. The summed E-state index contributed by atoms with van der Waals surface area (Å²) in [5.41, 5.74) is 0.483. The third kappa shape index (κ3) is 2.52. The van der Waals surface area contributed by atoms with Crippen molar-refractivity contribution in [3.05, 3.63) is 23.9 Å². The molecule has 1 saturated heterocycles. The molecule has 0 aromatic carbocycles. The van der Waals surface area contributed by atoms with E-state index in [4.69, 9.17) is 15.1 Å². The normalized spacial score (nSPS) is 19.7. The van der Waals surface area contributed by atoms with Crippen molar-refractivity contribution < 1.29 is 14.6 Å². The molecule has 1 aliphatic rings. The standard InChI is InChI=1S/C11H11N3O3/c12-5-8-1-2-10(13-6-8)14-3-4-17-9(7-14)11(15)16/h1-2,6,9H,3-4,7H2,(H,15,16). The molecule has 17 heavy (non-hydrogen) atoms. The van der Waals surface area contributed by atoms with E-state index in [0.717, 1.165) is 0 Å². The van der Waals surface area contributed by atoms with Gasteiger partial charge in [-0.1, -0.05) is 0 Å². The van der Waals surface area contributed by atoms with E-state index < -0.39 is 12.1 Å². The van der Waals surface area contributed by atoms with Crippen molar-refractivity contribution in [3.63, 3.8) is 0 Å². The average molecular weight is 233 g/mol. The van der Waals surface area contributed by atoms with Gasteiger partial charge in [0, 0.05) is 12.7 Å². The van der Waals surface area contributed by atoms with Gasteiger partial charge in [-0.15, -0.1) is 0 Å². The van der Waals surface area contributed by atoms with Crippen molar-refractivity contribution in [3.8, 4) is 6.07 Å². The fourth-order valence-corrected chi connectivity index (χ4v) is 1.65. The minimum atomic E-state index is -0.969. The van der Waals surface area contributed by atoms with Crippen molar-refractivity contribution in [1.29, 1.82) is 5.26 Å². The summed E-state index contributed by atoms with van der Waals surface area (Å²) in [7, 11) is 0. The van der Waals surface area contributed by atoms with Crippen LogP contribution in [0.1, 0.15) is 5.56 Å². The first kappa shape index (κ1) is 11.4. The van der Waals surface area contributed by atoms with Crippen LogP contribution in [0.15, 0.2) is 18.3 Å². The van der Waals surface area contributed by atoms with Gasteiger partial charge >= 0.3 is 5.97 Å². The van der Waals surface area contributed by atoms with Crippen LogP contribution >= 0.6 is 0 Å². The Kier molecular flexibility index (Phi) is 3.21. The number of pyridine rings is 1. The maximum atomic E-state index is 10.8. The molecule has 0 saturated carbocycles. The van der Waals surface area contributed by atoms with E-state index in [1.807, 2.05) is 11.0 Å². The lowest BCUT2D eigenvalue weighted by atomic mass is 10.2. The smallest absolute Gasteiger partial charge is 0.334 e. The molecule has 2 rings (SSSR count). The Morgan fingerprint density at radius 2 is 2.47 bits per heavy atom. The average Bonchev–Trinajstić information content (AvgIpc) is 2.39. The lowest BCUT2D eigenvalue weighted by molar-refractivity contribution is -0.150. The highest BCUT2D eigenvalue weighted by molar-refractivity contribution is 5.73. The Bertz CT molecular complexity index is 452. The van der Waals surface area contributed by atoms with Crippen LogP contribution in [0, 0.1) is 11.3 Å². The lowest BCUT2D eigenvalue weighted by Gasteiger charge is -2.31. The Morgan fingerprint density at radius 3 is 3.06 bits per heavy atom. The van der Waals surface area contributed by atoms with Crippen molar-refractivity contribution in [2.24, 2.45) is 0 Å². The van der Waals surface area contributed by atoms with Crippen LogP contribution in [0.3, 0.4) is 0 Å². The van der Waals surface area contributed by atoms with Gasteiger partial charge in [-0.25, -0.2) is 9.78 Å². The third-order valence-electron chi connectivity index (χ3n) is 2.54. The lowest BCUT2D eigenvalue weighted by Crippen LogP contribution is -2.46. The fraction of sp³-hybridized carbons (Fsp3) is 0.364. The number of aromatic nitrogens is 1. The predicted molar refractivity (Wildman–Crippen MR) is 58.5 cm³/mol. The van der Waals surface area contributed by atoms with Gasteiger partial charge in [0.05, 0.1) is 18.7 Å². The minimum absolute atomic E-state index is 0.272. The number of morpholine rings is 1. The Hall–Kier alpha value is -2.13. The van der Waals surface area contributed by atoms with Crippen LogP contribution in [0.5, 0.6) is 0 Å². The molecule has 0 amide bonds. The van der Waals surface area contributed by atoms with E-state index in [1.165, 1.54) is 6.20 Å². The zero-order valence-corrected chi connectivity index (χ0v) is 9.04. The van der Waals surface area contributed by atoms with E-state index >= 15 is 0 Å². The molecular formula is C11H11N3O3. The van der Waals surface area contributed by atoms with Crippen molar-refractivity contribution >= 4 is 11.8 Å². The molecule has 0 radical (unpaired) electrons. The predicted octanol–water partition coefficient (Wildman–Crippen LogP) is 0.243. The largest absolute Gasteiger partial charge is 0.479 e. The molecule has 1 aliphatic heterocycles. The van der Waals surface area contributed by atoms with Crippen LogP contribution in [0.2, 0.25) is 0 Å². The number of aliphatic carboxylic acids is 1. The summed E-state index contributed by atoms with van der Waals surface area (Å²) < 4.78 is 5.11. The molecule has 6 heteroatoms. The second kappa shape index (κ2) is 4.80. The maximum absolute atomic E-state index is 10.8. The van der Waals surface area contributed by atoms with E-state index in [1.54, 1.807) is 12.1 Å².